The number of nitrogens with one attached hydrogen (secondary N) is 2. The Morgan fingerprint density at radius 1 is 1.19 bits per heavy atom. The molecule has 1 saturated heterocycles. The maximum Gasteiger partial charge on any atom is 0.0367 e. The van der Waals surface area contributed by atoms with Crippen LogP contribution in [0.4, 0.5) is 0 Å². The third-order valence-electron chi connectivity index (χ3n) is 3.48. The van der Waals surface area contributed by atoms with Crippen molar-refractivity contribution in [2.45, 2.75) is 63.8 Å². The molecule has 0 radical (unpaired) electrons. The fourth-order valence-electron chi connectivity index (χ4n) is 2.64. The van der Waals surface area contributed by atoms with Crippen molar-refractivity contribution in [3.63, 3.8) is 0 Å². The van der Waals surface area contributed by atoms with E-state index in [9.17, 15) is 0 Å². The van der Waals surface area contributed by atoms with E-state index >= 15 is 0 Å². The standard InChI is InChI=1S/C14H26N2/c1-2-9-14(11-8-12-15)10-6-4-3-5-7-13-16-14/h8,11-12,15-16H,2-7,9-10,13H2,1H3/b11-8-,15-12?. The van der Waals surface area contributed by atoms with Gasteiger partial charge < -0.3 is 10.7 Å². The van der Waals surface area contributed by atoms with E-state index in [-0.39, 0.29) is 5.54 Å². The summed E-state index contributed by atoms with van der Waals surface area (Å²) in [5.41, 5.74) is 0.163. The summed E-state index contributed by atoms with van der Waals surface area (Å²) < 4.78 is 0. The Morgan fingerprint density at radius 3 is 2.69 bits per heavy atom. The Kier molecular flexibility index (Phi) is 6.39. The second kappa shape index (κ2) is 7.61. The zero-order valence-electron chi connectivity index (χ0n) is 10.6. The molecule has 1 aliphatic rings. The molecule has 2 heteroatoms. The molecule has 1 unspecified atom stereocenters. The van der Waals surface area contributed by atoms with E-state index in [0.29, 0.717) is 0 Å². The fourth-order valence-corrected chi connectivity index (χ4v) is 2.64. The highest BCUT2D eigenvalue weighted by molar-refractivity contribution is 5.68. The van der Waals surface area contributed by atoms with Crippen molar-refractivity contribution in [1.29, 1.82) is 5.41 Å². The maximum atomic E-state index is 7.14. The summed E-state index contributed by atoms with van der Waals surface area (Å²) >= 11 is 0. The van der Waals surface area contributed by atoms with Crippen LogP contribution in [-0.4, -0.2) is 18.3 Å². The molecule has 0 aromatic carbocycles. The van der Waals surface area contributed by atoms with E-state index in [0.717, 1.165) is 6.54 Å². The van der Waals surface area contributed by atoms with Gasteiger partial charge in [-0.25, -0.2) is 0 Å². The van der Waals surface area contributed by atoms with Crippen molar-refractivity contribution >= 4 is 6.21 Å². The summed E-state index contributed by atoms with van der Waals surface area (Å²) in [5, 5.41) is 10.9. The van der Waals surface area contributed by atoms with E-state index < -0.39 is 0 Å². The normalized spacial score (nSPS) is 28.3. The predicted molar refractivity (Wildman–Crippen MR) is 71.3 cm³/mol. The van der Waals surface area contributed by atoms with Crippen molar-refractivity contribution < 1.29 is 0 Å². The second-order valence-electron chi connectivity index (χ2n) is 4.88. The number of allylic oxidation sites excluding steroid dienone is 1. The molecule has 1 aliphatic heterocycles. The molecular formula is C14H26N2. The smallest absolute Gasteiger partial charge is 0.0367 e. The molecule has 1 heterocycles. The lowest BCUT2D eigenvalue weighted by atomic mass is 9.87. The van der Waals surface area contributed by atoms with Crippen LogP contribution in [-0.2, 0) is 0 Å². The summed E-state index contributed by atoms with van der Waals surface area (Å²) in [6, 6.07) is 0. The highest BCUT2D eigenvalue weighted by Crippen LogP contribution is 2.24. The molecule has 16 heavy (non-hydrogen) atoms. The first kappa shape index (κ1) is 13.4. The Balaban J connectivity index is 2.67. The first-order valence-electron chi connectivity index (χ1n) is 6.76. The highest BCUT2D eigenvalue weighted by Gasteiger charge is 2.24. The van der Waals surface area contributed by atoms with Crippen molar-refractivity contribution in [3.05, 3.63) is 12.2 Å². The zero-order chi connectivity index (χ0) is 11.7. The van der Waals surface area contributed by atoms with E-state index in [4.69, 9.17) is 5.41 Å². The molecule has 0 amide bonds. The molecule has 0 aromatic heterocycles. The van der Waals surface area contributed by atoms with E-state index in [1.54, 1.807) is 0 Å². The third kappa shape index (κ3) is 4.48. The molecular weight excluding hydrogens is 196 g/mol. The van der Waals surface area contributed by atoms with Crippen molar-refractivity contribution in [3.8, 4) is 0 Å². The fraction of sp³-hybridized carbons (Fsp3) is 0.786. The van der Waals surface area contributed by atoms with Crippen LogP contribution in [0.3, 0.4) is 0 Å². The van der Waals surface area contributed by atoms with Crippen LogP contribution in [0.15, 0.2) is 12.2 Å². The van der Waals surface area contributed by atoms with Crippen LogP contribution in [0.2, 0.25) is 0 Å². The van der Waals surface area contributed by atoms with Crippen molar-refractivity contribution in [2.75, 3.05) is 6.54 Å². The molecule has 0 aliphatic carbocycles. The monoisotopic (exact) mass is 222 g/mol. The SMILES string of the molecule is CCCC1(/C=C\C=N)CCCCCCCN1. The predicted octanol–water partition coefficient (Wildman–Crippen LogP) is 3.67. The molecule has 0 spiro atoms. The summed E-state index contributed by atoms with van der Waals surface area (Å²) in [6.07, 6.45) is 15.9. The summed E-state index contributed by atoms with van der Waals surface area (Å²) in [4.78, 5) is 0. The topological polar surface area (TPSA) is 35.9 Å². The minimum absolute atomic E-state index is 0.163. The van der Waals surface area contributed by atoms with Crippen LogP contribution < -0.4 is 5.32 Å². The van der Waals surface area contributed by atoms with Crippen molar-refractivity contribution in [1.82, 2.24) is 5.32 Å². The van der Waals surface area contributed by atoms with Gasteiger partial charge in [0.1, 0.15) is 0 Å². The average molecular weight is 222 g/mol. The summed E-state index contributed by atoms with van der Waals surface area (Å²) in [7, 11) is 0. The largest absolute Gasteiger partial charge is 0.309 e. The van der Waals surface area contributed by atoms with Gasteiger partial charge in [0, 0.05) is 11.8 Å². The minimum Gasteiger partial charge on any atom is -0.309 e. The van der Waals surface area contributed by atoms with Crippen LogP contribution in [0, 0.1) is 5.41 Å². The second-order valence-corrected chi connectivity index (χ2v) is 4.88. The molecule has 2 N–H and O–H groups in total. The maximum absolute atomic E-state index is 7.14. The number of hydrogen-bond donors (Lipinski definition) is 2. The lowest BCUT2D eigenvalue weighted by Crippen LogP contribution is -2.43. The quantitative estimate of drug-likeness (QED) is 0.699. The van der Waals surface area contributed by atoms with Crippen LogP contribution in [0.5, 0.6) is 0 Å². The molecule has 2 nitrogen and oxygen atoms in total. The molecule has 1 rings (SSSR count). The van der Waals surface area contributed by atoms with Gasteiger partial charge in [0.25, 0.3) is 0 Å². The van der Waals surface area contributed by atoms with Gasteiger partial charge in [-0.3, -0.25) is 0 Å². The Morgan fingerprint density at radius 2 is 1.94 bits per heavy atom. The molecule has 0 aromatic rings. The molecule has 1 atom stereocenters. The lowest BCUT2D eigenvalue weighted by Gasteiger charge is -2.32. The zero-order valence-corrected chi connectivity index (χ0v) is 10.6. The van der Waals surface area contributed by atoms with E-state index in [2.05, 4.69) is 18.3 Å². The number of rotatable bonds is 4. The van der Waals surface area contributed by atoms with Gasteiger partial charge in [0.2, 0.25) is 0 Å². The van der Waals surface area contributed by atoms with Crippen LogP contribution in [0.1, 0.15) is 58.3 Å². The van der Waals surface area contributed by atoms with Crippen LogP contribution in [0.25, 0.3) is 0 Å². The Hall–Kier alpha value is -0.630. The van der Waals surface area contributed by atoms with Gasteiger partial charge in [-0.05, 0) is 31.9 Å². The highest BCUT2D eigenvalue weighted by atomic mass is 15.0. The van der Waals surface area contributed by atoms with Crippen LogP contribution >= 0.6 is 0 Å². The van der Waals surface area contributed by atoms with Gasteiger partial charge in [-0.2, -0.15) is 0 Å². The van der Waals surface area contributed by atoms with Gasteiger partial charge in [-0.1, -0.05) is 45.1 Å². The summed E-state index contributed by atoms with van der Waals surface area (Å²) in [6.45, 7) is 3.37. The summed E-state index contributed by atoms with van der Waals surface area (Å²) in [5.74, 6) is 0. The molecule has 0 bridgehead atoms. The first-order chi connectivity index (χ1) is 7.83. The van der Waals surface area contributed by atoms with Gasteiger partial charge in [-0.15, -0.1) is 0 Å². The van der Waals surface area contributed by atoms with Crippen molar-refractivity contribution in [2.24, 2.45) is 0 Å². The third-order valence-corrected chi connectivity index (χ3v) is 3.48. The lowest BCUT2D eigenvalue weighted by molar-refractivity contribution is 0.343. The molecule has 1 fully saturated rings. The van der Waals surface area contributed by atoms with Gasteiger partial charge in [0.15, 0.2) is 0 Å². The Bertz CT molecular complexity index is 211. The minimum atomic E-state index is 0.163. The number of hydrogen-bond acceptors (Lipinski definition) is 2. The van der Waals surface area contributed by atoms with Gasteiger partial charge >= 0.3 is 0 Å². The van der Waals surface area contributed by atoms with Gasteiger partial charge in [0.05, 0.1) is 0 Å². The molecule has 0 saturated carbocycles. The molecule has 92 valence electrons. The Labute approximate surface area is 100 Å². The van der Waals surface area contributed by atoms with E-state index in [1.807, 2.05) is 6.08 Å². The van der Waals surface area contributed by atoms with E-state index in [1.165, 1.54) is 57.6 Å². The first-order valence-corrected chi connectivity index (χ1v) is 6.76. The average Bonchev–Trinajstić information content (AvgIpc) is 2.40.